The van der Waals surface area contributed by atoms with Crippen molar-refractivity contribution in [2.75, 3.05) is 19.7 Å². The summed E-state index contributed by atoms with van der Waals surface area (Å²) in [6.45, 7) is 4.92. The first-order chi connectivity index (χ1) is 9.83. The summed E-state index contributed by atoms with van der Waals surface area (Å²) in [4.78, 5) is 2.68. The van der Waals surface area contributed by atoms with Gasteiger partial charge in [0.15, 0.2) is 0 Å². The summed E-state index contributed by atoms with van der Waals surface area (Å²) < 4.78 is 5.79. The highest BCUT2D eigenvalue weighted by Crippen LogP contribution is 2.44. The third-order valence-electron chi connectivity index (χ3n) is 4.55. The summed E-state index contributed by atoms with van der Waals surface area (Å²) in [5.74, 6) is 1.60. The van der Waals surface area contributed by atoms with Gasteiger partial charge < -0.3 is 10.5 Å². The smallest absolute Gasteiger partial charge is 0.119 e. The molecule has 0 amide bonds. The van der Waals surface area contributed by atoms with E-state index in [1.165, 1.54) is 31.4 Å². The number of nitrogens with two attached hydrogens (primary N) is 1. The van der Waals surface area contributed by atoms with Crippen molar-refractivity contribution in [1.82, 2.24) is 4.90 Å². The van der Waals surface area contributed by atoms with Crippen LogP contribution in [0.2, 0.25) is 0 Å². The van der Waals surface area contributed by atoms with Gasteiger partial charge in [-0.25, -0.2) is 0 Å². The van der Waals surface area contributed by atoms with E-state index in [0.717, 1.165) is 31.4 Å². The van der Waals surface area contributed by atoms with Gasteiger partial charge in [-0.3, -0.25) is 4.90 Å². The third kappa shape index (κ3) is 2.84. The molecule has 0 bridgehead atoms. The van der Waals surface area contributed by atoms with Gasteiger partial charge in [0.05, 0.1) is 6.61 Å². The Hall–Kier alpha value is -1.06. The summed E-state index contributed by atoms with van der Waals surface area (Å²) in [5, 5.41) is 0. The molecule has 2 atom stereocenters. The van der Waals surface area contributed by atoms with Gasteiger partial charge in [0, 0.05) is 12.1 Å². The van der Waals surface area contributed by atoms with Gasteiger partial charge in [-0.2, -0.15) is 0 Å². The first-order valence-electron chi connectivity index (χ1n) is 8.02. The molecule has 1 aromatic carbocycles. The van der Waals surface area contributed by atoms with Crippen molar-refractivity contribution in [3.63, 3.8) is 0 Å². The van der Waals surface area contributed by atoms with Crippen LogP contribution >= 0.6 is 0 Å². The Bertz CT molecular complexity index is 444. The molecule has 0 aromatic heterocycles. The first kappa shape index (κ1) is 13.9. The van der Waals surface area contributed by atoms with Crippen LogP contribution in [0.25, 0.3) is 0 Å². The number of rotatable bonds is 6. The summed E-state index contributed by atoms with van der Waals surface area (Å²) in [5.41, 5.74) is 7.39. The minimum absolute atomic E-state index is 0.498. The maximum Gasteiger partial charge on any atom is 0.119 e. The molecule has 1 aliphatic heterocycles. The van der Waals surface area contributed by atoms with Gasteiger partial charge >= 0.3 is 0 Å². The van der Waals surface area contributed by atoms with Gasteiger partial charge in [-0.1, -0.05) is 19.1 Å². The van der Waals surface area contributed by atoms with Gasteiger partial charge in [0.25, 0.3) is 0 Å². The molecule has 0 spiro atoms. The minimum Gasteiger partial charge on any atom is -0.494 e. The van der Waals surface area contributed by atoms with Crippen LogP contribution in [0.15, 0.2) is 24.3 Å². The summed E-state index contributed by atoms with van der Waals surface area (Å²) in [6.07, 6.45) is 5.00. The fraction of sp³-hybridized carbons (Fsp3) is 0.647. The molecule has 1 aliphatic carbocycles. The molecule has 3 heteroatoms. The second-order valence-electron chi connectivity index (χ2n) is 6.12. The zero-order valence-corrected chi connectivity index (χ0v) is 12.4. The standard InChI is InChI=1S/C17H26N2O/c1-2-10-20-16-5-3-4-13(11-16)17-14(12-18)8-9-19(17)15-6-7-15/h3-5,11,14-15,17H,2,6-10,12,18H2,1H3. The lowest BCUT2D eigenvalue weighted by Gasteiger charge is -2.28. The van der Waals surface area contributed by atoms with E-state index in [2.05, 4.69) is 36.1 Å². The normalized spacial score (nSPS) is 26.9. The lowest BCUT2D eigenvalue weighted by molar-refractivity contribution is 0.219. The molecule has 2 N–H and O–H groups in total. The van der Waals surface area contributed by atoms with Crippen LogP contribution in [0.3, 0.4) is 0 Å². The van der Waals surface area contributed by atoms with Crippen molar-refractivity contribution in [2.24, 2.45) is 11.7 Å². The molecular formula is C17H26N2O. The van der Waals surface area contributed by atoms with Crippen molar-refractivity contribution in [2.45, 2.75) is 44.7 Å². The minimum atomic E-state index is 0.498. The highest BCUT2D eigenvalue weighted by Gasteiger charge is 2.42. The molecule has 2 aliphatic rings. The molecule has 110 valence electrons. The molecule has 20 heavy (non-hydrogen) atoms. The van der Waals surface area contributed by atoms with Crippen molar-refractivity contribution in [3.8, 4) is 5.75 Å². The predicted octanol–water partition coefficient (Wildman–Crippen LogP) is 2.96. The third-order valence-corrected chi connectivity index (χ3v) is 4.55. The molecule has 3 rings (SSSR count). The van der Waals surface area contributed by atoms with E-state index in [9.17, 15) is 0 Å². The first-order valence-corrected chi connectivity index (χ1v) is 8.02. The van der Waals surface area contributed by atoms with E-state index in [-0.39, 0.29) is 0 Å². The van der Waals surface area contributed by atoms with E-state index in [1.54, 1.807) is 0 Å². The second kappa shape index (κ2) is 6.15. The Labute approximate surface area is 122 Å². The maximum atomic E-state index is 6.00. The Kier molecular flexibility index (Phi) is 4.27. The van der Waals surface area contributed by atoms with Gasteiger partial charge in [0.2, 0.25) is 0 Å². The molecule has 1 saturated carbocycles. The van der Waals surface area contributed by atoms with Crippen molar-refractivity contribution >= 4 is 0 Å². The number of ether oxygens (including phenoxy) is 1. The van der Waals surface area contributed by atoms with Gasteiger partial charge in [-0.05, 0) is 62.4 Å². The zero-order valence-electron chi connectivity index (χ0n) is 12.4. The Morgan fingerprint density at radius 3 is 2.85 bits per heavy atom. The molecular weight excluding hydrogens is 248 g/mol. The Morgan fingerprint density at radius 1 is 1.30 bits per heavy atom. The number of likely N-dealkylation sites (tertiary alicyclic amines) is 1. The molecule has 1 saturated heterocycles. The molecule has 1 aromatic rings. The van der Waals surface area contributed by atoms with Crippen molar-refractivity contribution in [1.29, 1.82) is 0 Å². The van der Waals surface area contributed by atoms with Crippen LogP contribution in [0, 0.1) is 5.92 Å². The van der Waals surface area contributed by atoms with Crippen molar-refractivity contribution in [3.05, 3.63) is 29.8 Å². The van der Waals surface area contributed by atoms with E-state index < -0.39 is 0 Å². The van der Waals surface area contributed by atoms with Crippen LogP contribution in [-0.2, 0) is 0 Å². The molecule has 3 nitrogen and oxygen atoms in total. The Morgan fingerprint density at radius 2 is 2.15 bits per heavy atom. The van der Waals surface area contributed by atoms with E-state index in [1.807, 2.05) is 0 Å². The van der Waals surface area contributed by atoms with E-state index in [4.69, 9.17) is 10.5 Å². The molecule has 2 unspecified atom stereocenters. The number of hydrogen-bond acceptors (Lipinski definition) is 3. The predicted molar refractivity (Wildman–Crippen MR) is 81.9 cm³/mol. The highest BCUT2D eigenvalue weighted by atomic mass is 16.5. The van der Waals surface area contributed by atoms with Crippen LogP contribution in [0.4, 0.5) is 0 Å². The molecule has 2 fully saturated rings. The average molecular weight is 274 g/mol. The largest absolute Gasteiger partial charge is 0.494 e. The zero-order chi connectivity index (χ0) is 13.9. The number of nitrogens with zero attached hydrogens (tertiary/aromatic N) is 1. The topological polar surface area (TPSA) is 38.5 Å². The van der Waals surface area contributed by atoms with E-state index >= 15 is 0 Å². The quantitative estimate of drug-likeness (QED) is 0.866. The van der Waals surface area contributed by atoms with Crippen LogP contribution in [0.5, 0.6) is 5.75 Å². The van der Waals surface area contributed by atoms with Crippen LogP contribution < -0.4 is 10.5 Å². The fourth-order valence-electron chi connectivity index (χ4n) is 3.42. The number of hydrogen-bond donors (Lipinski definition) is 1. The fourth-order valence-corrected chi connectivity index (χ4v) is 3.42. The maximum absolute atomic E-state index is 6.00. The lowest BCUT2D eigenvalue weighted by Crippen LogP contribution is -2.29. The summed E-state index contributed by atoms with van der Waals surface area (Å²) in [7, 11) is 0. The molecule has 1 heterocycles. The summed E-state index contributed by atoms with van der Waals surface area (Å²) >= 11 is 0. The van der Waals surface area contributed by atoms with Gasteiger partial charge in [-0.15, -0.1) is 0 Å². The summed E-state index contributed by atoms with van der Waals surface area (Å²) in [6, 6.07) is 9.95. The van der Waals surface area contributed by atoms with Gasteiger partial charge in [0.1, 0.15) is 5.75 Å². The lowest BCUT2D eigenvalue weighted by atomic mass is 9.93. The highest BCUT2D eigenvalue weighted by molar-refractivity contribution is 5.32. The van der Waals surface area contributed by atoms with Crippen LogP contribution in [0.1, 0.15) is 44.2 Å². The number of benzene rings is 1. The van der Waals surface area contributed by atoms with Crippen molar-refractivity contribution < 1.29 is 4.74 Å². The van der Waals surface area contributed by atoms with Crippen LogP contribution in [-0.4, -0.2) is 30.6 Å². The Balaban J connectivity index is 1.81. The molecule has 0 radical (unpaired) electrons. The average Bonchev–Trinajstić information content (AvgIpc) is 3.24. The second-order valence-corrected chi connectivity index (χ2v) is 6.12. The monoisotopic (exact) mass is 274 g/mol. The SMILES string of the molecule is CCCOc1cccc(C2C(CN)CCN2C2CC2)c1. The van der Waals surface area contributed by atoms with E-state index in [0.29, 0.717) is 12.0 Å².